The highest BCUT2D eigenvalue weighted by Crippen LogP contribution is 2.35. The number of nitrogens with one attached hydrogen (secondary N) is 2. The molecule has 0 bridgehead atoms. The van der Waals surface area contributed by atoms with Crippen molar-refractivity contribution in [3.8, 4) is 11.5 Å². The molecule has 5 nitrogen and oxygen atoms in total. The van der Waals surface area contributed by atoms with Crippen molar-refractivity contribution in [2.75, 3.05) is 32.2 Å². The molecular formula is C19H32IN3O2S. The molecule has 148 valence electrons. The molecule has 1 aromatic rings. The van der Waals surface area contributed by atoms with Crippen molar-refractivity contribution in [3.05, 3.63) is 23.8 Å². The summed E-state index contributed by atoms with van der Waals surface area (Å²) in [5, 5.41) is 6.65. The number of hydrogen-bond acceptors (Lipinski definition) is 4. The summed E-state index contributed by atoms with van der Waals surface area (Å²) in [6, 6.07) is 6.03. The maximum Gasteiger partial charge on any atom is 0.191 e. The Morgan fingerprint density at radius 2 is 2.04 bits per heavy atom. The first-order valence-corrected chi connectivity index (χ1v) is 10.5. The summed E-state index contributed by atoms with van der Waals surface area (Å²) in [5.74, 6) is 3.53. The molecule has 1 fully saturated rings. The van der Waals surface area contributed by atoms with Gasteiger partial charge in [-0.2, -0.15) is 11.8 Å². The molecule has 0 aromatic heterocycles. The van der Waals surface area contributed by atoms with E-state index in [1.807, 2.05) is 23.9 Å². The van der Waals surface area contributed by atoms with Crippen LogP contribution in [0.3, 0.4) is 0 Å². The van der Waals surface area contributed by atoms with Crippen LogP contribution in [0.5, 0.6) is 11.5 Å². The largest absolute Gasteiger partial charge is 0.493 e. The summed E-state index contributed by atoms with van der Waals surface area (Å²) < 4.78 is 11.8. The molecule has 26 heavy (non-hydrogen) atoms. The number of aliphatic imine (C=N–C) groups is 1. The first kappa shape index (κ1) is 23.2. The van der Waals surface area contributed by atoms with Crippen LogP contribution in [0.2, 0.25) is 0 Å². The smallest absolute Gasteiger partial charge is 0.191 e. The Balaban J connectivity index is 0.00000338. The fourth-order valence-electron chi connectivity index (χ4n) is 2.93. The Labute approximate surface area is 179 Å². The SMILES string of the molecule is CCNC(=NCc1cccc(OC)c1OC1CCCC1)NCCSC.I. The van der Waals surface area contributed by atoms with Gasteiger partial charge in [0.15, 0.2) is 17.5 Å². The molecule has 2 N–H and O–H groups in total. The van der Waals surface area contributed by atoms with E-state index >= 15 is 0 Å². The fourth-order valence-corrected chi connectivity index (χ4v) is 3.24. The summed E-state index contributed by atoms with van der Waals surface area (Å²) in [6.07, 6.45) is 7.15. The number of halogens is 1. The van der Waals surface area contributed by atoms with Crippen LogP contribution in [0.15, 0.2) is 23.2 Å². The normalized spacial score (nSPS) is 14.7. The van der Waals surface area contributed by atoms with Crippen molar-refractivity contribution in [2.45, 2.75) is 45.3 Å². The highest BCUT2D eigenvalue weighted by molar-refractivity contribution is 14.0. The van der Waals surface area contributed by atoms with Crippen molar-refractivity contribution in [2.24, 2.45) is 4.99 Å². The zero-order chi connectivity index (χ0) is 17.9. The molecule has 0 heterocycles. The molecule has 7 heteroatoms. The number of benzene rings is 1. The Morgan fingerprint density at radius 1 is 1.27 bits per heavy atom. The van der Waals surface area contributed by atoms with Crippen LogP contribution < -0.4 is 20.1 Å². The minimum absolute atomic E-state index is 0. The van der Waals surface area contributed by atoms with Gasteiger partial charge >= 0.3 is 0 Å². The van der Waals surface area contributed by atoms with E-state index in [1.165, 1.54) is 12.8 Å². The van der Waals surface area contributed by atoms with Crippen LogP contribution in [-0.2, 0) is 6.54 Å². The van der Waals surface area contributed by atoms with Crippen LogP contribution in [0.25, 0.3) is 0 Å². The van der Waals surface area contributed by atoms with E-state index in [4.69, 9.17) is 14.5 Å². The van der Waals surface area contributed by atoms with E-state index in [9.17, 15) is 0 Å². The van der Waals surface area contributed by atoms with E-state index in [0.29, 0.717) is 12.6 Å². The average Bonchev–Trinajstić information content (AvgIpc) is 3.14. The lowest BCUT2D eigenvalue weighted by Crippen LogP contribution is -2.38. The van der Waals surface area contributed by atoms with E-state index in [0.717, 1.165) is 54.7 Å². The topological polar surface area (TPSA) is 54.9 Å². The highest BCUT2D eigenvalue weighted by Gasteiger charge is 2.20. The van der Waals surface area contributed by atoms with Gasteiger partial charge in [-0.25, -0.2) is 4.99 Å². The Bertz CT molecular complexity index is 552. The number of methoxy groups -OCH3 is 1. The number of ether oxygens (including phenoxy) is 2. The second-order valence-corrected chi connectivity index (χ2v) is 7.07. The number of nitrogens with zero attached hydrogens (tertiary/aromatic N) is 1. The summed E-state index contributed by atoms with van der Waals surface area (Å²) in [6.45, 7) is 4.38. The summed E-state index contributed by atoms with van der Waals surface area (Å²) in [4.78, 5) is 4.72. The lowest BCUT2D eigenvalue weighted by Gasteiger charge is -2.19. The van der Waals surface area contributed by atoms with Crippen LogP contribution in [-0.4, -0.2) is 44.3 Å². The van der Waals surface area contributed by atoms with Crippen molar-refractivity contribution >= 4 is 41.7 Å². The van der Waals surface area contributed by atoms with Gasteiger partial charge in [0, 0.05) is 24.4 Å². The molecule has 2 rings (SSSR count). The summed E-state index contributed by atoms with van der Waals surface area (Å²) >= 11 is 1.82. The zero-order valence-electron chi connectivity index (χ0n) is 16.0. The standard InChI is InChI=1S/C19H31N3O2S.HI/c1-4-20-19(21-12-13-25-3)22-14-15-8-7-11-17(23-2)18(15)24-16-9-5-6-10-16;/h7-8,11,16H,4-6,9-10,12-14H2,1-3H3,(H2,20,21,22);1H. The quantitative estimate of drug-likeness (QED) is 0.235. The van der Waals surface area contributed by atoms with Crippen molar-refractivity contribution in [1.82, 2.24) is 10.6 Å². The van der Waals surface area contributed by atoms with Crippen LogP contribution in [0.4, 0.5) is 0 Å². The first-order chi connectivity index (χ1) is 12.3. The van der Waals surface area contributed by atoms with E-state index in [-0.39, 0.29) is 24.0 Å². The molecule has 0 aliphatic heterocycles. The van der Waals surface area contributed by atoms with E-state index in [1.54, 1.807) is 7.11 Å². The maximum absolute atomic E-state index is 6.28. The molecule has 1 aromatic carbocycles. The minimum atomic E-state index is 0. The Kier molecular flexibility index (Phi) is 11.9. The van der Waals surface area contributed by atoms with Gasteiger partial charge in [0.25, 0.3) is 0 Å². The van der Waals surface area contributed by atoms with Crippen molar-refractivity contribution in [1.29, 1.82) is 0 Å². The second-order valence-electron chi connectivity index (χ2n) is 6.09. The lowest BCUT2D eigenvalue weighted by atomic mass is 10.1. The molecule has 0 atom stereocenters. The predicted molar refractivity (Wildman–Crippen MR) is 122 cm³/mol. The van der Waals surface area contributed by atoms with Gasteiger partial charge in [0.05, 0.1) is 19.8 Å². The van der Waals surface area contributed by atoms with Gasteiger partial charge in [0.2, 0.25) is 0 Å². The molecule has 0 saturated heterocycles. The lowest BCUT2D eigenvalue weighted by molar-refractivity contribution is 0.198. The number of guanidine groups is 1. The van der Waals surface area contributed by atoms with E-state index in [2.05, 4.69) is 29.9 Å². The van der Waals surface area contributed by atoms with Gasteiger partial charge in [-0.1, -0.05) is 12.1 Å². The highest BCUT2D eigenvalue weighted by atomic mass is 127. The molecule has 0 amide bonds. The molecule has 1 saturated carbocycles. The van der Waals surface area contributed by atoms with Gasteiger partial charge < -0.3 is 20.1 Å². The molecular weight excluding hydrogens is 461 g/mol. The van der Waals surface area contributed by atoms with Crippen LogP contribution in [0.1, 0.15) is 38.2 Å². The van der Waals surface area contributed by atoms with Crippen molar-refractivity contribution in [3.63, 3.8) is 0 Å². The summed E-state index contributed by atoms with van der Waals surface area (Å²) in [5.41, 5.74) is 1.06. The van der Waals surface area contributed by atoms with Gasteiger partial charge in [0.1, 0.15) is 0 Å². The Hall–Kier alpha value is -0.830. The third kappa shape index (κ3) is 7.42. The number of hydrogen-bond donors (Lipinski definition) is 2. The monoisotopic (exact) mass is 493 g/mol. The fraction of sp³-hybridized carbons (Fsp3) is 0.632. The molecule has 1 aliphatic carbocycles. The number of thioether (sulfide) groups is 1. The molecule has 0 unspecified atom stereocenters. The van der Waals surface area contributed by atoms with Crippen LogP contribution >= 0.6 is 35.7 Å². The average molecular weight is 493 g/mol. The van der Waals surface area contributed by atoms with Crippen molar-refractivity contribution < 1.29 is 9.47 Å². The molecule has 1 aliphatic rings. The molecule has 0 spiro atoms. The van der Waals surface area contributed by atoms with Gasteiger partial charge in [-0.05, 0) is 44.9 Å². The predicted octanol–water partition coefficient (Wildman–Crippen LogP) is 4.05. The Morgan fingerprint density at radius 3 is 2.69 bits per heavy atom. The minimum Gasteiger partial charge on any atom is -0.493 e. The maximum atomic E-state index is 6.28. The van der Waals surface area contributed by atoms with Gasteiger partial charge in [-0.3, -0.25) is 0 Å². The van der Waals surface area contributed by atoms with E-state index < -0.39 is 0 Å². The molecule has 0 radical (unpaired) electrons. The second kappa shape index (κ2) is 13.4. The van der Waals surface area contributed by atoms with Crippen LogP contribution in [0, 0.1) is 0 Å². The summed E-state index contributed by atoms with van der Waals surface area (Å²) in [7, 11) is 1.69. The zero-order valence-corrected chi connectivity index (χ0v) is 19.2. The first-order valence-electron chi connectivity index (χ1n) is 9.12. The van der Waals surface area contributed by atoms with Gasteiger partial charge in [-0.15, -0.1) is 24.0 Å². The third-order valence-electron chi connectivity index (χ3n) is 4.22. The number of para-hydroxylation sites is 1. The number of rotatable bonds is 9. The third-order valence-corrected chi connectivity index (χ3v) is 4.83.